The standard InChI is InChI=1S/C25H25NO9/c1-14(27)26-21-23(31-13-20(28)29)22-19(12-32-24(35-22)18-7-4-10-30-18)34-25(21)33-17-9-8-15-5-2-3-6-16(15)11-17/h2-11,19,21-25H,12-13H2,1H3,(H,26,27)(H,28,29). The van der Waals surface area contributed by atoms with E-state index < -0.39 is 49.5 Å². The summed E-state index contributed by atoms with van der Waals surface area (Å²) in [7, 11) is 0. The summed E-state index contributed by atoms with van der Waals surface area (Å²) < 4.78 is 35.3. The highest BCUT2D eigenvalue weighted by Crippen LogP contribution is 2.36. The molecule has 184 valence electrons. The Morgan fingerprint density at radius 3 is 2.66 bits per heavy atom. The van der Waals surface area contributed by atoms with E-state index in [-0.39, 0.29) is 12.5 Å². The molecule has 6 atom stereocenters. The van der Waals surface area contributed by atoms with Crippen LogP contribution in [-0.4, -0.2) is 60.8 Å². The quantitative estimate of drug-likeness (QED) is 0.522. The summed E-state index contributed by atoms with van der Waals surface area (Å²) in [5.41, 5.74) is 0. The van der Waals surface area contributed by atoms with E-state index in [0.717, 1.165) is 10.8 Å². The van der Waals surface area contributed by atoms with Gasteiger partial charge in [-0.15, -0.1) is 0 Å². The Bertz CT molecular complexity index is 1180. The summed E-state index contributed by atoms with van der Waals surface area (Å²) >= 11 is 0. The van der Waals surface area contributed by atoms with E-state index in [9.17, 15) is 14.7 Å². The van der Waals surface area contributed by atoms with E-state index in [0.29, 0.717) is 11.5 Å². The van der Waals surface area contributed by atoms with Crippen molar-refractivity contribution in [3.63, 3.8) is 0 Å². The lowest BCUT2D eigenvalue weighted by molar-refractivity contribution is -0.340. The van der Waals surface area contributed by atoms with E-state index in [1.54, 1.807) is 18.2 Å². The van der Waals surface area contributed by atoms with Gasteiger partial charge in [0.05, 0.1) is 12.9 Å². The van der Waals surface area contributed by atoms with Gasteiger partial charge in [0, 0.05) is 6.92 Å². The molecule has 35 heavy (non-hydrogen) atoms. The minimum Gasteiger partial charge on any atom is -0.480 e. The van der Waals surface area contributed by atoms with Crippen LogP contribution in [-0.2, 0) is 28.5 Å². The molecule has 3 aromatic rings. The summed E-state index contributed by atoms with van der Waals surface area (Å²) in [6.45, 7) is 0.875. The zero-order chi connectivity index (χ0) is 24.4. The topological polar surface area (TPSA) is 126 Å². The minimum atomic E-state index is -1.16. The van der Waals surface area contributed by atoms with Gasteiger partial charge in [-0.05, 0) is 35.0 Å². The highest BCUT2D eigenvalue weighted by Gasteiger charge is 2.52. The normalized spacial score (nSPS) is 28.3. The molecule has 10 nitrogen and oxygen atoms in total. The fraction of sp³-hybridized carbons (Fsp3) is 0.360. The number of carbonyl (C=O) groups excluding carboxylic acids is 1. The first-order valence-corrected chi connectivity index (χ1v) is 11.2. The molecule has 2 aliphatic rings. The molecular formula is C25H25NO9. The molecular weight excluding hydrogens is 458 g/mol. The number of carboxylic acid groups (broad SMARTS) is 1. The molecule has 2 aromatic carbocycles. The van der Waals surface area contributed by atoms with E-state index in [1.165, 1.54) is 13.2 Å². The first-order valence-electron chi connectivity index (χ1n) is 11.2. The molecule has 1 aromatic heterocycles. The number of benzene rings is 2. The van der Waals surface area contributed by atoms with Crippen LogP contribution in [0.4, 0.5) is 0 Å². The van der Waals surface area contributed by atoms with Crippen LogP contribution < -0.4 is 10.1 Å². The fourth-order valence-corrected chi connectivity index (χ4v) is 4.37. The maximum Gasteiger partial charge on any atom is 0.329 e. The Kier molecular flexibility index (Phi) is 6.69. The number of ether oxygens (including phenoxy) is 5. The SMILES string of the molecule is CC(=O)NC1C(Oc2ccc3ccccc3c2)OC2COC(c3ccco3)OC2C1OCC(=O)O. The van der Waals surface area contributed by atoms with Crippen molar-refractivity contribution in [2.45, 2.75) is 43.9 Å². The zero-order valence-electron chi connectivity index (χ0n) is 18.9. The molecule has 3 heterocycles. The number of amides is 1. The number of fused-ring (bicyclic) bond motifs is 2. The number of hydrogen-bond acceptors (Lipinski definition) is 8. The van der Waals surface area contributed by atoms with Crippen LogP contribution in [0.1, 0.15) is 19.0 Å². The summed E-state index contributed by atoms with van der Waals surface area (Å²) in [6, 6.07) is 16.0. The molecule has 2 saturated heterocycles. The van der Waals surface area contributed by atoms with E-state index in [2.05, 4.69) is 5.32 Å². The van der Waals surface area contributed by atoms with Crippen molar-refractivity contribution in [3.8, 4) is 5.75 Å². The summed E-state index contributed by atoms with van der Waals surface area (Å²) in [4.78, 5) is 23.4. The second kappa shape index (κ2) is 10.0. The first-order chi connectivity index (χ1) is 17.0. The summed E-state index contributed by atoms with van der Waals surface area (Å²) in [5.74, 6) is -0.546. The maximum atomic E-state index is 12.1. The molecule has 2 fully saturated rings. The molecule has 1 amide bonds. The molecule has 0 saturated carbocycles. The lowest BCUT2D eigenvalue weighted by Gasteiger charge is -2.48. The number of rotatable bonds is 7. The second-order valence-corrected chi connectivity index (χ2v) is 8.35. The van der Waals surface area contributed by atoms with E-state index in [1.807, 2.05) is 36.4 Å². The Morgan fingerprint density at radius 2 is 1.91 bits per heavy atom. The average molecular weight is 483 g/mol. The number of furan rings is 1. The Hall–Kier alpha value is -3.44. The molecule has 2 N–H and O–H groups in total. The van der Waals surface area contributed by atoms with Crippen LogP contribution in [0.25, 0.3) is 10.8 Å². The van der Waals surface area contributed by atoms with Crippen LogP contribution in [0, 0.1) is 0 Å². The monoisotopic (exact) mass is 483 g/mol. The van der Waals surface area contributed by atoms with Gasteiger partial charge in [0.25, 0.3) is 0 Å². The van der Waals surface area contributed by atoms with Gasteiger partial charge in [-0.25, -0.2) is 4.79 Å². The third kappa shape index (κ3) is 5.15. The highest BCUT2D eigenvalue weighted by atomic mass is 16.8. The number of hydrogen-bond donors (Lipinski definition) is 2. The van der Waals surface area contributed by atoms with Gasteiger partial charge in [0.1, 0.15) is 36.7 Å². The van der Waals surface area contributed by atoms with Crippen molar-refractivity contribution in [3.05, 3.63) is 66.6 Å². The zero-order valence-corrected chi connectivity index (χ0v) is 18.9. The van der Waals surface area contributed by atoms with Gasteiger partial charge < -0.3 is 38.5 Å². The Labute approximate surface area is 200 Å². The van der Waals surface area contributed by atoms with Gasteiger partial charge in [-0.3, -0.25) is 4.79 Å². The van der Waals surface area contributed by atoms with Gasteiger partial charge in [-0.1, -0.05) is 30.3 Å². The maximum absolute atomic E-state index is 12.1. The number of nitrogens with one attached hydrogen (secondary N) is 1. The van der Waals surface area contributed by atoms with Crippen molar-refractivity contribution in [1.29, 1.82) is 0 Å². The van der Waals surface area contributed by atoms with Crippen LogP contribution in [0.2, 0.25) is 0 Å². The van der Waals surface area contributed by atoms with Crippen molar-refractivity contribution in [1.82, 2.24) is 5.32 Å². The van der Waals surface area contributed by atoms with Crippen LogP contribution in [0.15, 0.2) is 65.3 Å². The summed E-state index contributed by atoms with van der Waals surface area (Å²) in [6.07, 6.45) is -2.63. The number of carbonyl (C=O) groups is 2. The van der Waals surface area contributed by atoms with Crippen LogP contribution in [0.3, 0.4) is 0 Å². The van der Waals surface area contributed by atoms with E-state index >= 15 is 0 Å². The lowest BCUT2D eigenvalue weighted by atomic mass is 9.95. The smallest absolute Gasteiger partial charge is 0.329 e. The minimum absolute atomic E-state index is 0.118. The van der Waals surface area contributed by atoms with Crippen molar-refractivity contribution < 1.29 is 42.8 Å². The first kappa shape index (κ1) is 23.3. The van der Waals surface area contributed by atoms with Gasteiger partial charge in [0.15, 0.2) is 5.76 Å². The van der Waals surface area contributed by atoms with Crippen molar-refractivity contribution in [2.75, 3.05) is 13.2 Å². The third-order valence-electron chi connectivity index (χ3n) is 5.86. The fourth-order valence-electron chi connectivity index (χ4n) is 4.37. The molecule has 0 radical (unpaired) electrons. The van der Waals surface area contributed by atoms with E-state index in [4.69, 9.17) is 28.1 Å². The second-order valence-electron chi connectivity index (χ2n) is 8.35. The predicted molar refractivity (Wildman–Crippen MR) is 120 cm³/mol. The van der Waals surface area contributed by atoms with Gasteiger partial charge in [0.2, 0.25) is 18.5 Å². The molecule has 6 unspecified atom stereocenters. The van der Waals surface area contributed by atoms with Crippen molar-refractivity contribution in [2.24, 2.45) is 0 Å². The van der Waals surface area contributed by atoms with Crippen LogP contribution in [0.5, 0.6) is 5.75 Å². The predicted octanol–water partition coefficient (Wildman–Crippen LogP) is 2.63. The molecule has 0 aliphatic carbocycles. The highest BCUT2D eigenvalue weighted by molar-refractivity contribution is 5.83. The van der Waals surface area contributed by atoms with Crippen molar-refractivity contribution >= 4 is 22.6 Å². The van der Waals surface area contributed by atoms with Gasteiger partial charge in [-0.2, -0.15) is 0 Å². The molecule has 0 spiro atoms. The average Bonchev–Trinajstić information content (AvgIpc) is 3.38. The molecule has 2 aliphatic heterocycles. The molecule has 0 bridgehead atoms. The Morgan fingerprint density at radius 1 is 1.09 bits per heavy atom. The van der Waals surface area contributed by atoms with Crippen LogP contribution >= 0.6 is 0 Å². The molecule has 10 heteroatoms. The molecule has 5 rings (SSSR count). The number of carboxylic acids is 1. The lowest BCUT2D eigenvalue weighted by Crippen LogP contribution is -2.68. The third-order valence-corrected chi connectivity index (χ3v) is 5.86. The largest absolute Gasteiger partial charge is 0.480 e. The summed E-state index contributed by atoms with van der Waals surface area (Å²) in [5, 5.41) is 14.1. The van der Waals surface area contributed by atoms with Gasteiger partial charge >= 0.3 is 5.97 Å². The number of aliphatic carboxylic acids is 1. The Balaban J connectivity index is 1.44.